The molecule has 2 aromatic carbocycles. The Morgan fingerprint density at radius 2 is 1.85 bits per heavy atom. The van der Waals surface area contributed by atoms with Crippen LogP contribution in [0.4, 0.5) is 15.9 Å². The minimum Gasteiger partial charge on any atom is -0.332 e. The maximum atomic E-state index is 13.7. The highest BCUT2D eigenvalue weighted by Crippen LogP contribution is 2.12. The molecule has 0 fully saturated rings. The first-order valence-electron chi connectivity index (χ1n) is 7.97. The molecule has 0 aliphatic rings. The third-order valence-corrected chi connectivity index (χ3v) is 3.93. The van der Waals surface area contributed by atoms with Crippen molar-refractivity contribution in [2.45, 2.75) is 13.5 Å². The van der Waals surface area contributed by atoms with Crippen LogP contribution in [0, 0.1) is 5.82 Å². The van der Waals surface area contributed by atoms with Crippen LogP contribution in [0.5, 0.6) is 0 Å². The van der Waals surface area contributed by atoms with Crippen LogP contribution in [0.15, 0.2) is 60.8 Å². The van der Waals surface area contributed by atoms with E-state index in [1.165, 1.54) is 13.0 Å². The van der Waals surface area contributed by atoms with Crippen molar-refractivity contribution >= 4 is 34.6 Å². The van der Waals surface area contributed by atoms with Gasteiger partial charge >= 0.3 is 0 Å². The predicted molar refractivity (Wildman–Crippen MR) is 104 cm³/mol. The quantitative estimate of drug-likeness (QED) is 0.525. The number of Topliss-reactive ketones (excluding diaryl/α,β-unsaturated/α-hetero) is 1. The maximum absolute atomic E-state index is 13.7. The molecule has 1 aromatic heterocycles. The lowest BCUT2D eigenvalue weighted by Gasteiger charge is -2.09. The second kappa shape index (κ2) is 7.88. The van der Waals surface area contributed by atoms with Gasteiger partial charge in [-0.25, -0.2) is 4.39 Å². The van der Waals surface area contributed by atoms with Crippen molar-refractivity contribution < 1.29 is 9.18 Å². The van der Waals surface area contributed by atoms with Crippen molar-refractivity contribution in [3.63, 3.8) is 0 Å². The summed E-state index contributed by atoms with van der Waals surface area (Å²) < 4.78 is 15.3. The highest BCUT2D eigenvalue weighted by atomic mass is 32.1. The first-order valence-corrected chi connectivity index (χ1v) is 8.38. The molecule has 3 aromatic rings. The largest absolute Gasteiger partial charge is 0.332 e. The van der Waals surface area contributed by atoms with Crippen LogP contribution in [0.3, 0.4) is 0 Å². The Balaban J connectivity index is 1.59. The summed E-state index contributed by atoms with van der Waals surface area (Å²) in [7, 11) is 0. The number of hydrogen-bond acceptors (Lipinski definition) is 3. The summed E-state index contributed by atoms with van der Waals surface area (Å²) in [6.45, 7) is 1.85. The second-order valence-electron chi connectivity index (χ2n) is 5.70. The number of aromatic nitrogens is 2. The van der Waals surface area contributed by atoms with Gasteiger partial charge in [0.05, 0.1) is 6.54 Å². The number of nitrogens with one attached hydrogen (secondary N) is 2. The van der Waals surface area contributed by atoms with E-state index in [1.54, 1.807) is 59.4 Å². The van der Waals surface area contributed by atoms with Crippen LogP contribution in [0.1, 0.15) is 22.8 Å². The summed E-state index contributed by atoms with van der Waals surface area (Å²) in [6.07, 6.45) is 1.75. The molecule has 0 saturated carbocycles. The van der Waals surface area contributed by atoms with Gasteiger partial charge in [-0.2, -0.15) is 5.10 Å². The van der Waals surface area contributed by atoms with Gasteiger partial charge in [-0.3, -0.25) is 9.48 Å². The molecule has 0 aliphatic heterocycles. The number of carbonyl (C=O) groups excluding carboxylic acids is 1. The molecule has 0 amide bonds. The molecule has 2 N–H and O–H groups in total. The number of hydrogen-bond donors (Lipinski definition) is 2. The molecular weight excluding hydrogens is 351 g/mol. The zero-order valence-corrected chi connectivity index (χ0v) is 14.9. The van der Waals surface area contributed by atoms with E-state index < -0.39 is 0 Å². The van der Waals surface area contributed by atoms with E-state index >= 15 is 0 Å². The van der Waals surface area contributed by atoms with Crippen LogP contribution in [0.2, 0.25) is 0 Å². The third-order valence-electron chi connectivity index (χ3n) is 3.72. The second-order valence-corrected chi connectivity index (χ2v) is 6.11. The van der Waals surface area contributed by atoms with Gasteiger partial charge in [-0.05, 0) is 49.5 Å². The zero-order chi connectivity index (χ0) is 18.5. The summed E-state index contributed by atoms with van der Waals surface area (Å²) in [5, 5.41) is 10.7. The summed E-state index contributed by atoms with van der Waals surface area (Å²) in [4.78, 5) is 11.3. The van der Waals surface area contributed by atoms with Crippen molar-refractivity contribution in [1.82, 2.24) is 9.78 Å². The summed E-state index contributed by atoms with van der Waals surface area (Å²) >= 11 is 5.26. The van der Waals surface area contributed by atoms with Crippen molar-refractivity contribution in [3.8, 4) is 0 Å². The molecule has 0 atom stereocenters. The van der Waals surface area contributed by atoms with Gasteiger partial charge in [0, 0.05) is 29.1 Å². The Morgan fingerprint density at radius 3 is 2.54 bits per heavy atom. The van der Waals surface area contributed by atoms with E-state index in [1.807, 2.05) is 0 Å². The molecule has 0 aliphatic carbocycles. The Labute approximate surface area is 155 Å². The Hall–Kier alpha value is -3.06. The Morgan fingerprint density at radius 1 is 1.12 bits per heavy atom. The average Bonchev–Trinajstić information content (AvgIpc) is 3.04. The van der Waals surface area contributed by atoms with Crippen LogP contribution < -0.4 is 10.6 Å². The fourth-order valence-corrected chi connectivity index (χ4v) is 2.61. The van der Waals surface area contributed by atoms with E-state index in [9.17, 15) is 9.18 Å². The molecule has 0 radical (unpaired) electrons. The van der Waals surface area contributed by atoms with E-state index in [4.69, 9.17) is 12.2 Å². The molecule has 7 heteroatoms. The van der Waals surface area contributed by atoms with Crippen molar-refractivity contribution in [3.05, 3.63) is 77.7 Å². The van der Waals surface area contributed by atoms with E-state index in [2.05, 4.69) is 15.7 Å². The van der Waals surface area contributed by atoms with Gasteiger partial charge in [0.2, 0.25) is 0 Å². The van der Waals surface area contributed by atoms with Crippen LogP contribution in [-0.4, -0.2) is 20.7 Å². The molecular formula is C19H17FN4OS. The predicted octanol–water partition coefficient (Wildman–Crippen LogP) is 4.08. The average molecular weight is 368 g/mol. The van der Waals surface area contributed by atoms with E-state index in [0.29, 0.717) is 28.6 Å². The molecule has 0 unspecified atom stereocenters. The Bertz CT molecular complexity index is 937. The van der Waals surface area contributed by atoms with Gasteiger partial charge in [-0.1, -0.05) is 18.2 Å². The first-order chi connectivity index (χ1) is 12.5. The fourth-order valence-electron chi connectivity index (χ4n) is 2.38. The van der Waals surface area contributed by atoms with Gasteiger partial charge < -0.3 is 10.6 Å². The smallest absolute Gasteiger partial charge is 0.176 e. The van der Waals surface area contributed by atoms with E-state index in [0.717, 1.165) is 5.69 Å². The van der Waals surface area contributed by atoms with Gasteiger partial charge in [0.1, 0.15) is 5.82 Å². The lowest BCUT2D eigenvalue weighted by atomic mass is 10.1. The number of halogens is 1. The normalized spacial score (nSPS) is 10.4. The highest BCUT2D eigenvalue weighted by Gasteiger charge is 2.06. The number of anilines is 2. The SMILES string of the molecule is CC(=O)c1ccc(NC(=S)Nc2ccn(Cc3ccccc3F)n2)cc1. The van der Waals surface area contributed by atoms with Gasteiger partial charge in [-0.15, -0.1) is 0 Å². The van der Waals surface area contributed by atoms with Crippen molar-refractivity contribution in [2.75, 3.05) is 10.6 Å². The molecule has 0 saturated heterocycles. The molecule has 26 heavy (non-hydrogen) atoms. The van der Waals surface area contributed by atoms with Crippen LogP contribution in [-0.2, 0) is 6.54 Å². The fraction of sp³-hybridized carbons (Fsp3) is 0.105. The number of nitrogens with zero attached hydrogens (tertiary/aromatic N) is 2. The monoisotopic (exact) mass is 368 g/mol. The number of carbonyl (C=O) groups is 1. The summed E-state index contributed by atoms with van der Waals surface area (Å²) in [5.41, 5.74) is 1.97. The van der Waals surface area contributed by atoms with Crippen molar-refractivity contribution in [1.29, 1.82) is 0 Å². The van der Waals surface area contributed by atoms with Gasteiger partial charge in [0.15, 0.2) is 16.7 Å². The molecule has 0 bridgehead atoms. The third kappa shape index (κ3) is 4.52. The number of ketones is 1. The van der Waals surface area contributed by atoms with Crippen molar-refractivity contribution in [2.24, 2.45) is 0 Å². The summed E-state index contributed by atoms with van der Waals surface area (Å²) in [6, 6.07) is 15.4. The molecule has 1 heterocycles. The zero-order valence-electron chi connectivity index (χ0n) is 14.1. The minimum atomic E-state index is -0.260. The first kappa shape index (κ1) is 17.8. The molecule has 0 spiro atoms. The standard InChI is InChI=1S/C19H17FN4OS/c1-13(25)14-6-8-16(9-7-14)21-19(26)22-18-10-11-24(23-18)12-15-4-2-3-5-17(15)20/h2-11H,12H2,1H3,(H2,21,22,23,26). The maximum Gasteiger partial charge on any atom is 0.176 e. The lowest BCUT2D eigenvalue weighted by molar-refractivity contribution is 0.101. The molecule has 132 valence electrons. The minimum absolute atomic E-state index is 0.0117. The lowest BCUT2D eigenvalue weighted by Crippen LogP contribution is -2.19. The Kier molecular flexibility index (Phi) is 5.38. The molecule has 3 rings (SSSR count). The van der Waals surface area contributed by atoms with Crippen LogP contribution in [0.25, 0.3) is 0 Å². The summed E-state index contributed by atoms with van der Waals surface area (Å²) in [5.74, 6) is 0.306. The van der Waals surface area contributed by atoms with E-state index in [-0.39, 0.29) is 11.6 Å². The number of thiocarbonyl (C=S) groups is 1. The highest BCUT2D eigenvalue weighted by molar-refractivity contribution is 7.80. The number of benzene rings is 2. The molecule has 5 nitrogen and oxygen atoms in total. The van der Waals surface area contributed by atoms with Crippen LogP contribution >= 0.6 is 12.2 Å². The topological polar surface area (TPSA) is 59.0 Å². The number of rotatable bonds is 5. The van der Waals surface area contributed by atoms with Gasteiger partial charge in [0.25, 0.3) is 0 Å².